The first-order valence-corrected chi connectivity index (χ1v) is 10.7. The standard InChI is InChI=1S/C25H18Cl2O5/c1-14-21(30-11-15-3-2-4-18(26)7-15)6-5-20-23(28)22(32-24(14)20)10-16-8-19(27)9-17-12-29-13-31-25(16)17/h2-10H,11-13H2,1H3/b22-10-. The summed E-state index contributed by atoms with van der Waals surface area (Å²) in [7, 11) is 0. The molecule has 0 saturated heterocycles. The van der Waals surface area contributed by atoms with Crippen LogP contribution in [0.3, 0.4) is 0 Å². The van der Waals surface area contributed by atoms with Crippen molar-refractivity contribution >= 4 is 35.1 Å². The average molecular weight is 469 g/mol. The predicted molar refractivity (Wildman–Crippen MR) is 122 cm³/mol. The highest BCUT2D eigenvalue weighted by molar-refractivity contribution is 6.31. The molecule has 0 bridgehead atoms. The lowest BCUT2D eigenvalue weighted by Gasteiger charge is -2.20. The van der Waals surface area contributed by atoms with Crippen LogP contribution in [-0.2, 0) is 18.0 Å². The normalized spacial score (nSPS) is 15.7. The minimum absolute atomic E-state index is 0.145. The van der Waals surface area contributed by atoms with Gasteiger partial charge in [-0.15, -0.1) is 0 Å². The van der Waals surface area contributed by atoms with E-state index in [2.05, 4.69) is 0 Å². The lowest BCUT2D eigenvalue weighted by atomic mass is 10.0. The van der Waals surface area contributed by atoms with Gasteiger partial charge in [0.15, 0.2) is 12.6 Å². The van der Waals surface area contributed by atoms with Gasteiger partial charge in [-0.1, -0.05) is 35.3 Å². The summed E-state index contributed by atoms with van der Waals surface area (Å²) in [5.41, 5.74) is 3.68. The minimum Gasteiger partial charge on any atom is -0.488 e. The number of benzene rings is 3. The van der Waals surface area contributed by atoms with E-state index in [1.165, 1.54) is 0 Å². The van der Waals surface area contributed by atoms with Crippen LogP contribution in [-0.4, -0.2) is 12.6 Å². The van der Waals surface area contributed by atoms with E-state index >= 15 is 0 Å². The van der Waals surface area contributed by atoms with Gasteiger partial charge >= 0.3 is 0 Å². The van der Waals surface area contributed by atoms with Gasteiger partial charge in [0.25, 0.3) is 0 Å². The van der Waals surface area contributed by atoms with Crippen molar-refractivity contribution in [1.29, 1.82) is 0 Å². The van der Waals surface area contributed by atoms with E-state index < -0.39 is 0 Å². The van der Waals surface area contributed by atoms with E-state index in [0.717, 1.165) is 16.7 Å². The van der Waals surface area contributed by atoms with Crippen LogP contribution in [0.1, 0.15) is 32.6 Å². The van der Waals surface area contributed by atoms with Crippen LogP contribution in [0.4, 0.5) is 0 Å². The molecule has 0 amide bonds. The molecule has 7 heteroatoms. The van der Waals surface area contributed by atoms with Gasteiger partial charge < -0.3 is 18.9 Å². The number of carbonyl (C=O) groups is 1. The maximum atomic E-state index is 13.0. The molecule has 0 aromatic heterocycles. The van der Waals surface area contributed by atoms with Gasteiger partial charge in [-0.05, 0) is 55.0 Å². The first-order chi connectivity index (χ1) is 15.5. The van der Waals surface area contributed by atoms with Crippen molar-refractivity contribution in [2.75, 3.05) is 6.79 Å². The Morgan fingerprint density at radius 1 is 1.06 bits per heavy atom. The summed E-state index contributed by atoms with van der Waals surface area (Å²) in [6.07, 6.45) is 1.66. The van der Waals surface area contributed by atoms with E-state index in [0.29, 0.717) is 51.6 Å². The summed E-state index contributed by atoms with van der Waals surface area (Å²) in [5, 5.41) is 1.18. The number of ketones is 1. The van der Waals surface area contributed by atoms with Gasteiger partial charge in [0.1, 0.15) is 23.9 Å². The number of allylic oxidation sites excluding steroid dienone is 1. The largest absolute Gasteiger partial charge is 0.488 e. The second-order valence-electron chi connectivity index (χ2n) is 7.52. The molecule has 5 nitrogen and oxygen atoms in total. The summed E-state index contributed by atoms with van der Waals surface area (Å²) < 4.78 is 22.9. The maximum absolute atomic E-state index is 13.0. The van der Waals surface area contributed by atoms with Crippen LogP contribution in [0.15, 0.2) is 54.3 Å². The van der Waals surface area contributed by atoms with Crippen molar-refractivity contribution in [2.24, 2.45) is 0 Å². The first kappa shape index (κ1) is 20.9. The number of ether oxygens (including phenoxy) is 4. The number of hydrogen-bond acceptors (Lipinski definition) is 5. The number of carbonyl (C=O) groups excluding carboxylic acids is 1. The van der Waals surface area contributed by atoms with Crippen LogP contribution in [0.2, 0.25) is 10.0 Å². The summed E-state index contributed by atoms with van der Waals surface area (Å²) in [6.45, 7) is 2.76. The van der Waals surface area contributed by atoms with E-state index in [9.17, 15) is 4.79 Å². The zero-order valence-electron chi connectivity index (χ0n) is 17.1. The number of Topliss-reactive ketones (excluding diaryl/α,β-unsaturated/α-hetero) is 1. The maximum Gasteiger partial charge on any atom is 0.231 e. The summed E-state index contributed by atoms with van der Waals surface area (Å²) in [6, 6.07) is 14.5. The fraction of sp³-hybridized carbons (Fsp3) is 0.160. The molecule has 3 aromatic carbocycles. The summed E-state index contributed by atoms with van der Waals surface area (Å²) in [5.74, 6) is 1.77. The highest BCUT2D eigenvalue weighted by atomic mass is 35.5. The average Bonchev–Trinajstić information content (AvgIpc) is 3.09. The molecule has 2 aliphatic heterocycles. The molecule has 3 aromatic rings. The topological polar surface area (TPSA) is 54.0 Å². The number of rotatable bonds is 4. The number of halogens is 2. The molecule has 0 atom stereocenters. The minimum atomic E-state index is -0.203. The highest BCUT2D eigenvalue weighted by Gasteiger charge is 2.31. The van der Waals surface area contributed by atoms with E-state index in [1.54, 1.807) is 30.3 Å². The van der Waals surface area contributed by atoms with Crippen molar-refractivity contribution in [1.82, 2.24) is 0 Å². The quantitative estimate of drug-likeness (QED) is 0.416. The van der Waals surface area contributed by atoms with Crippen molar-refractivity contribution in [2.45, 2.75) is 20.1 Å². The molecular weight excluding hydrogens is 451 g/mol. The lowest BCUT2D eigenvalue weighted by molar-refractivity contribution is -0.0165. The third-order valence-electron chi connectivity index (χ3n) is 5.31. The molecule has 2 aliphatic rings. The van der Waals surface area contributed by atoms with Gasteiger partial charge in [-0.2, -0.15) is 0 Å². The Hall–Kier alpha value is -2.99. The van der Waals surface area contributed by atoms with Gasteiger partial charge in [-0.3, -0.25) is 4.79 Å². The Labute approximate surface area is 195 Å². The third kappa shape index (κ3) is 3.95. The SMILES string of the molecule is Cc1c(OCc2cccc(Cl)c2)ccc2c1O/C(=C\c1cc(Cl)cc3c1OCOC3)C2=O. The molecule has 0 aliphatic carbocycles. The van der Waals surface area contributed by atoms with E-state index in [-0.39, 0.29) is 18.3 Å². The van der Waals surface area contributed by atoms with Crippen molar-refractivity contribution < 1.29 is 23.7 Å². The van der Waals surface area contributed by atoms with Gasteiger partial charge in [0.2, 0.25) is 5.78 Å². The molecule has 0 N–H and O–H groups in total. The second-order valence-corrected chi connectivity index (χ2v) is 8.39. The molecule has 5 rings (SSSR count). The van der Waals surface area contributed by atoms with Crippen LogP contribution in [0.25, 0.3) is 6.08 Å². The lowest BCUT2D eigenvalue weighted by Crippen LogP contribution is -2.12. The molecule has 0 saturated carbocycles. The van der Waals surface area contributed by atoms with E-state index in [4.69, 9.17) is 42.1 Å². The second kappa shape index (κ2) is 8.51. The predicted octanol–water partition coefficient (Wildman–Crippen LogP) is 6.36. The van der Waals surface area contributed by atoms with Crippen LogP contribution in [0, 0.1) is 6.92 Å². The molecule has 0 fully saturated rings. The first-order valence-electron chi connectivity index (χ1n) is 9.97. The molecule has 0 unspecified atom stereocenters. The van der Waals surface area contributed by atoms with Crippen LogP contribution >= 0.6 is 23.2 Å². The van der Waals surface area contributed by atoms with E-state index in [1.807, 2.05) is 31.2 Å². The molecular formula is C25H18Cl2O5. The Kier molecular flexibility index (Phi) is 5.55. The Morgan fingerprint density at radius 3 is 2.78 bits per heavy atom. The molecule has 162 valence electrons. The van der Waals surface area contributed by atoms with Crippen molar-refractivity contribution in [3.8, 4) is 17.2 Å². The summed E-state index contributed by atoms with van der Waals surface area (Å²) in [4.78, 5) is 13.0. The molecule has 32 heavy (non-hydrogen) atoms. The molecule has 2 heterocycles. The Bertz CT molecular complexity index is 1270. The number of fused-ring (bicyclic) bond motifs is 2. The smallest absolute Gasteiger partial charge is 0.231 e. The van der Waals surface area contributed by atoms with Gasteiger partial charge in [-0.25, -0.2) is 0 Å². The highest BCUT2D eigenvalue weighted by Crippen LogP contribution is 2.41. The third-order valence-corrected chi connectivity index (χ3v) is 5.76. The monoisotopic (exact) mass is 468 g/mol. The fourth-order valence-corrected chi connectivity index (χ4v) is 4.23. The number of hydrogen-bond donors (Lipinski definition) is 0. The van der Waals surface area contributed by atoms with Crippen LogP contribution < -0.4 is 14.2 Å². The summed E-state index contributed by atoms with van der Waals surface area (Å²) >= 11 is 12.3. The Morgan fingerprint density at radius 2 is 1.94 bits per heavy atom. The molecule has 0 radical (unpaired) electrons. The van der Waals surface area contributed by atoms with Crippen LogP contribution in [0.5, 0.6) is 17.2 Å². The van der Waals surface area contributed by atoms with Gasteiger partial charge in [0.05, 0.1) is 12.2 Å². The Balaban J connectivity index is 1.43. The zero-order valence-corrected chi connectivity index (χ0v) is 18.6. The fourth-order valence-electron chi connectivity index (χ4n) is 3.77. The van der Waals surface area contributed by atoms with Gasteiger partial charge in [0, 0.05) is 26.7 Å². The van der Waals surface area contributed by atoms with Crippen molar-refractivity contribution in [3.63, 3.8) is 0 Å². The zero-order chi connectivity index (χ0) is 22.2. The van der Waals surface area contributed by atoms with Crippen molar-refractivity contribution in [3.05, 3.63) is 92.2 Å². The molecule has 0 spiro atoms.